The van der Waals surface area contributed by atoms with Crippen molar-refractivity contribution < 1.29 is 19.1 Å². The molecular formula is C16H19NO4. The normalized spacial score (nSPS) is 10.7. The number of carbonyl (C=O) groups is 2. The molecule has 0 spiro atoms. The Balaban J connectivity index is 2.68. The number of hydrogen-bond donors (Lipinski definition) is 0. The lowest BCUT2D eigenvalue weighted by atomic mass is 10.1. The largest absolute Gasteiger partial charge is 0.497 e. The van der Waals surface area contributed by atoms with Gasteiger partial charge >= 0.3 is 0 Å². The topological polar surface area (TPSA) is 57.5 Å². The fourth-order valence-electron chi connectivity index (χ4n) is 2.37. The lowest BCUT2D eigenvalue weighted by molar-refractivity contribution is -0.117. The van der Waals surface area contributed by atoms with Gasteiger partial charge in [0.05, 0.1) is 25.1 Å². The van der Waals surface area contributed by atoms with Crippen molar-refractivity contribution >= 4 is 22.5 Å². The molecule has 21 heavy (non-hydrogen) atoms. The van der Waals surface area contributed by atoms with E-state index in [-0.39, 0.29) is 11.6 Å². The Morgan fingerprint density at radius 1 is 1.14 bits per heavy atom. The van der Waals surface area contributed by atoms with Gasteiger partial charge in [0.2, 0.25) is 0 Å². The van der Waals surface area contributed by atoms with Gasteiger partial charge in [-0.3, -0.25) is 9.59 Å². The monoisotopic (exact) mass is 289 g/mol. The molecule has 0 unspecified atom stereocenters. The zero-order valence-electron chi connectivity index (χ0n) is 12.7. The smallest absolute Gasteiger partial charge is 0.162 e. The van der Waals surface area contributed by atoms with Gasteiger partial charge in [-0.1, -0.05) is 0 Å². The molecule has 0 N–H and O–H groups in total. The van der Waals surface area contributed by atoms with E-state index in [4.69, 9.17) is 9.47 Å². The molecule has 0 atom stereocenters. The van der Waals surface area contributed by atoms with Crippen LogP contribution in [0.15, 0.2) is 18.3 Å². The quantitative estimate of drug-likeness (QED) is 0.767. The number of ether oxygens (including phenoxy) is 2. The number of hydrogen-bond acceptors (Lipinski definition) is 4. The average molecular weight is 289 g/mol. The number of Topliss-reactive ketones (excluding diaryl/α,β-unsaturated/α-hetero) is 2. The van der Waals surface area contributed by atoms with E-state index in [1.54, 1.807) is 33.4 Å². The van der Waals surface area contributed by atoms with Gasteiger partial charge in [0, 0.05) is 36.9 Å². The zero-order chi connectivity index (χ0) is 15.6. The summed E-state index contributed by atoms with van der Waals surface area (Å²) in [6.45, 7) is 3.60. The molecule has 0 aliphatic carbocycles. The van der Waals surface area contributed by atoms with E-state index in [2.05, 4.69) is 0 Å². The molecule has 5 nitrogen and oxygen atoms in total. The van der Waals surface area contributed by atoms with E-state index in [1.807, 2.05) is 10.6 Å². The first-order valence-electron chi connectivity index (χ1n) is 6.73. The van der Waals surface area contributed by atoms with Crippen LogP contribution >= 0.6 is 0 Å². The van der Waals surface area contributed by atoms with Crippen LogP contribution < -0.4 is 9.47 Å². The van der Waals surface area contributed by atoms with E-state index in [0.29, 0.717) is 30.0 Å². The van der Waals surface area contributed by atoms with Gasteiger partial charge in [-0.05, 0) is 13.8 Å². The second-order valence-electron chi connectivity index (χ2n) is 4.97. The summed E-state index contributed by atoms with van der Waals surface area (Å²) < 4.78 is 12.6. The summed E-state index contributed by atoms with van der Waals surface area (Å²) in [4.78, 5) is 23.1. The summed E-state index contributed by atoms with van der Waals surface area (Å²) in [6, 6.07) is 3.61. The fraction of sp³-hybridized carbons (Fsp3) is 0.375. The summed E-state index contributed by atoms with van der Waals surface area (Å²) in [5.74, 6) is 1.31. The lowest BCUT2D eigenvalue weighted by Gasteiger charge is -2.09. The Labute approximate surface area is 123 Å². The predicted molar refractivity (Wildman–Crippen MR) is 80.3 cm³/mol. The Bertz CT molecular complexity index is 700. The predicted octanol–water partition coefficient (Wildman–Crippen LogP) is 2.84. The van der Waals surface area contributed by atoms with E-state index in [9.17, 15) is 9.59 Å². The van der Waals surface area contributed by atoms with E-state index >= 15 is 0 Å². The molecule has 2 rings (SSSR count). The molecule has 0 fully saturated rings. The van der Waals surface area contributed by atoms with E-state index < -0.39 is 0 Å². The minimum absolute atomic E-state index is 0.0370. The van der Waals surface area contributed by atoms with E-state index in [1.165, 1.54) is 6.92 Å². The molecule has 0 amide bonds. The van der Waals surface area contributed by atoms with Crippen LogP contribution in [-0.2, 0) is 11.3 Å². The molecular weight excluding hydrogens is 270 g/mol. The van der Waals surface area contributed by atoms with Crippen molar-refractivity contribution in [1.82, 2.24) is 4.57 Å². The van der Waals surface area contributed by atoms with Crippen molar-refractivity contribution in [2.75, 3.05) is 14.2 Å². The number of carbonyl (C=O) groups excluding carboxylic acids is 2. The maximum Gasteiger partial charge on any atom is 0.162 e. The molecule has 0 bridgehead atoms. The highest BCUT2D eigenvalue weighted by molar-refractivity contribution is 6.09. The standard InChI is InChI=1S/C16H19NO4/c1-10(18)5-6-17-9-13(11(2)19)16-14(17)7-12(20-3)8-15(16)21-4/h7-9H,5-6H2,1-4H3. The van der Waals surface area contributed by atoms with Crippen molar-refractivity contribution in [2.45, 2.75) is 26.8 Å². The fourth-order valence-corrected chi connectivity index (χ4v) is 2.37. The van der Waals surface area contributed by atoms with Crippen molar-refractivity contribution in [3.63, 3.8) is 0 Å². The summed E-state index contributed by atoms with van der Waals surface area (Å²) in [5, 5.41) is 0.759. The first-order chi connectivity index (χ1) is 9.97. The molecule has 0 radical (unpaired) electrons. The minimum Gasteiger partial charge on any atom is -0.497 e. The number of methoxy groups -OCH3 is 2. The maximum atomic E-state index is 11.9. The summed E-state index contributed by atoms with van der Waals surface area (Å²) in [6.07, 6.45) is 2.19. The SMILES string of the molecule is COc1cc(OC)c2c(C(C)=O)cn(CCC(C)=O)c2c1. The van der Waals surface area contributed by atoms with Gasteiger partial charge < -0.3 is 14.0 Å². The lowest BCUT2D eigenvalue weighted by Crippen LogP contribution is -2.01. The highest BCUT2D eigenvalue weighted by atomic mass is 16.5. The van der Waals surface area contributed by atoms with Crippen LogP contribution in [0, 0.1) is 0 Å². The summed E-state index contributed by atoms with van der Waals surface area (Å²) >= 11 is 0. The number of aromatic nitrogens is 1. The third kappa shape index (κ3) is 2.91. The highest BCUT2D eigenvalue weighted by Crippen LogP contribution is 2.35. The molecule has 1 aromatic carbocycles. The molecule has 0 saturated heterocycles. The van der Waals surface area contributed by atoms with Crippen molar-refractivity contribution in [3.8, 4) is 11.5 Å². The van der Waals surface area contributed by atoms with Crippen LogP contribution in [0.5, 0.6) is 11.5 Å². The van der Waals surface area contributed by atoms with Gasteiger partial charge in [0.25, 0.3) is 0 Å². The molecule has 112 valence electrons. The van der Waals surface area contributed by atoms with Gasteiger partial charge in [-0.25, -0.2) is 0 Å². The third-order valence-electron chi connectivity index (χ3n) is 3.46. The molecule has 5 heteroatoms. The van der Waals surface area contributed by atoms with Crippen LogP contribution in [0.4, 0.5) is 0 Å². The van der Waals surface area contributed by atoms with Crippen LogP contribution in [0.1, 0.15) is 30.6 Å². The van der Waals surface area contributed by atoms with Crippen LogP contribution in [0.2, 0.25) is 0 Å². The van der Waals surface area contributed by atoms with E-state index in [0.717, 1.165) is 10.9 Å². The Morgan fingerprint density at radius 3 is 2.38 bits per heavy atom. The minimum atomic E-state index is -0.0370. The zero-order valence-corrected chi connectivity index (χ0v) is 12.7. The second kappa shape index (κ2) is 5.99. The Kier molecular flexibility index (Phi) is 4.31. The first-order valence-corrected chi connectivity index (χ1v) is 6.73. The average Bonchev–Trinajstić information content (AvgIpc) is 2.82. The van der Waals surface area contributed by atoms with Gasteiger partial charge in [-0.15, -0.1) is 0 Å². The van der Waals surface area contributed by atoms with Crippen molar-refractivity contribution in [2.24, 2.45) is 0 Å². The number of ketones is 2. The second-order valence-corrected chi connectivity index (χ2v) is 4.97. The third-order valence-corrected chi connectivity index (χ3v) is 3.46. The number of nitrogens with zero attached hydrogens (tertiary/aromatic N) is 1. The molecule has 1 aromatic heterocycles. The van der Waals surface area contributed by atoms with Crippen molar-refractivity contribution in [3.05, 3.63) is 23.9 Å². The van der Waals surface area contributed by atoms with Gasteiger partial charge in [-0.2, -0.15) is 0 Å². The molecule has 1 heterocycles. The van der Waals surface area contributed by atoms with Crippen LogP contribution in [-0.4, -0.2) is 30.4 Å². The Morgan fingerprint density at radius 2 is 1.86 bits per heavy atom. The number of rotatable bonds is 6. The van der Waals surface area contributed by atoms with Gasteiger partial charge in [0.15, 0.2) is 5.78 Å². The Hall–Kier alpha value is -2.30. The number of fused-ring (bicyclic) bond motifs is 1. The number of aryl methyl sites for hydroxylation is 1. The number of benzene rings is 1. The highest BCUT2D eigenvalue weighted by Gasteiger charge is 2.18. The maximum absolute atomic E-state index is 11.9. The molecule has 2 aromatic rings. The summed E-state index contributed by atoms with van der Waals surface area (Å²) in [7, 11) is 3.14. The van der Waals surface area contributed by atoms with Crippen LogP contribution in [0.25, 0.3) is 10.9 Å². The molecule has 0 aliphatic heterocycles. The van der Waals surface area contributed by atoms with Crippen LogP contribution in [0.3, 0.4) is 0 Å². The molecule has 0 saturated carbocycles. The summed E-state index contributed by atoms with van der Waals surface area (Å²) in [5.41, 5.74) is 1.42. The van der Waals surface area contributed by atoms with Gasteiger partial charge in [0.1, 0.15) is 17.3 Å². The molecule has 0 aliphatic rings. The first kappa shape index (κ1) is 15.1. The van der Waals surface area contributed by atoms with Crippen molar-refractivity contribution in [1.29, 1.82) is 0 Å².